The second-order valence-electron chi connectivity index (χ2n) is 8.13. The normalized spacial score (nSPS) is 14.6. The Labute approximate surface area is 197 Å². The zero-order valence-electron chi connectivity index (χ0n) is 17.5. The molecule has 0 atom stereocenters. The van der Waals surface area contributed by atoms with E-state index in [0.29, 0.717) is 6.61 Å². The molecule has 0 aromatic heterocycles. The van der Waals surface area contributed by atoms with Gasteiger partial charge in [-0.2, -0.15) is 0 Å². The molecule has 2 rings (SSSR count). The van der Waals surface area contributed by atoms with Crippen molar-refractivity contribution in [2.45, 2.75) is 59.8 Å². The number of hydrogen-bond donors (Lipinski definition) is 1. The third kappa shape index (κ3) is 7.97. The zero-order chi connectivity index (χ0) is 18.1. The van der Waals surface area contributed by atoms with Crippen LogP contribution in [0.1, 0.15) is 45.7 Å². The van der Waals surface area contributed by atoms with Gasteiger partial charge in [0.1, 0.15) is 0 Å². The molecule has 0 fully saturated rings. The molecule has 1 aliphatic rings. The van der Waals surface area contributed by atoms with E-state index in [4.69, 9.17) is 9.16 Å². The van der Waals surface area contributed by atoms with Crippen LogP contribution in [0.3, 0.4) is 0 Å². The Morgan fingerprint density at radius 1 is 1.15 bits per heavy atom. The van der Waals surface area contributed by atoms with E-state index in [1.165, 1.54) is 0 Å². The van der Waals surface area contributed by atoms with Crippen molar-refractivity contribution in [3.63, 3.8) is 0 Å². The van der Waals surface area contributed by atoms with Gasteiger partial charge < -0.3 is 39.3 Å². The third-order valence-corrected chi connectivity index (χ3v) is 4.25. The summed E-state index contributed by atoms with van der Waals surface area (Å²) in [5.41, 5.74) is 4.15. The van der Waals surface area contributed by atoms with Crippen LogP contribution >= 0.6 is 0 Å². The average molecular weight is 507 g/mol. The fraction of sp³-hybridized carbons (Fsp3) is 0.500. The number of nitrogens with one attached hydrogen (secondary N) is 1. The van der Waals surface area contributed by atoms with Gasteiger partial charge in [-0.3, -0.25) is 0 Å². The van der Waals surface area contributed by atoms with E-state index in [0.717, 1.165) is 33.9 Å². The van der Waals surface area contributed by atoms with E-state index in [2.05, 4.69) is 63.9 Å². The zero-order valence-corrected chi connectivity index (χ0v) is 22.5. The van der Waals surface area contributed by atoms with Crippen molar-refractivity contribution < 1.29 is 60.2 Å². The van der Waals surface area contributed by atoms with Gasteiger partial charge in [0.05, 0.1) is 18.1 Å². The van der Waals surface area contributed by atoms with Crippen molar-refractivity contribution in [2.75, 3.05) is 6.61 Å². The Morgan fingerprint density at radius 2 is 1.74 bits per heavy atom. The topological polar surface area (TPSA) is 30.5 Å². The summed E-state index contributed by atoms with van der Waals surface area (Å²) in [6.45, 7) is 17.7. The first-order chi connectivity index (χ1) is 11.0. The largest absolute Gasteiger partial charge is 3.00 e. The number of hydrogen-bond acceptors (Lipinski definition) is 3. The summed E-state index contributed by atoms with van der Waals surface area (Å²) >= 11 is 0. The number of allylic oxidation sites excluding steroid dienone is 2. The molecule has 149 valence electrons. The van der Waals surface area contributed by atoms with Crippen LogP contribution in [-0.2, 0) is 30.9 Å². The first kappa shape index (κ1) is 29.0. The van der Waals surface area contributed by atoms with Gasteiger partial charge in [0, 0.05) is 5.54 Å². The van der Waals surface area contributed by atoms with Crippen molar-refractivity contribution in [3.8, 4) is 5.75 Å². The Balaban J connectivity index is 0. The molecule has 0 unspecified atom stereocenters. The van der Waals surface area contributed by atoms with Gasteiger partial charge in [0.15, 0.2) is 0 Å². The van der Waals surface area contributed by atoms with Crippen LogP contribution in [0.25, 0.3) is 5.57 Å². The first-order valence-electron chi connectivity index (χ1n) is 8.60. The Kier molecular flexibility index (Phi) is 11.9. The summed E-state index contributed by atoms with van der Waals surface area (Å²) in [4.78, 5) is 0. The predicted molar refractivity (Wildman–Crippen MR) is 103 cm³/mol. The maximum absolute atomic E-state index is 6.35. The van der Waals surface area contributed by atoms with Crippen molar-refractivity contribution in [1.29, 1.82) is 0 Å². The van der Waals surface area contributed by atoms with Crippen molar-refractivity contribution >= 4 is 13.9 Å². The summed E-state index contributed by atoms with van der Waals surface area (Å²) < 4.78 is 12.2. The molecule has 0 saturated carbocycles. The van der Waals surface area contributed by atoms with E-state index in [9.17, 15) is 0 Å². The molecular formula is C20H30Cl2NO2SiZr. The standard InChI is InChI=1S/C20H30NO2Si.2ClH.Zr/c1-9-22-14(2)18-16(21-20(3,4)5)13-15-11-10-12-17(19(15)18)23-24(6,7)8;;;/h10-12,21H,9H2,1-8H3;2*1H;/q-1;;;+3/p-2. The van der Waals surface area contributed by atoms with Gasteiger partial charge in [-0.05, 0) is 66.0 Å². The fourth-order valence-electron chi connectivity index (χ4n) is 2.74. The fourth-order valence-corrected chi connectivity index (χ4v) is 3.57. The SMILES string of the molecule is CCOC(C)=C1C(NC(C)(C)C)=[C-]c2cccc(O[Si](C)(C)C)c21.[Cl-].[Cl-].[Zr+3]. The minimum absolute atomic E-state index is 0. The summed E-state index contributed by atoms with van der Waals surface area (Å²) in [5.74, 6) is 1.83. The van der Waals surface area contributed by atoms with Crippen LogP contribution in [0.2, 0.25) is 19.6 Å². The quantitative estimate of drug-likeness (QED) is 0.320. The predicted octanol–water partition coefficient (Wildman–Crippen LogP) is -0.890. The van der Waals surface area contributed by atoms with Crippen LogP contribution in [-0.4, -0.2) is 20.5 Å². The van der Waals surface area contributed by atoms with E-state index in [-0.39, 0.29) is 56.6 Å². The molecule has 0 aliphatic heterocycles. The molecule has 1 radical (unpaired) electrons. The molecule has 3 nitrogen and oxygen atoms in total. The maximum Gasteiger partial charge on any atom is 3.00 e. The van der Waals surface area contributed by atoms with Gasteiger partial charge in [-0.15, -0.1) is 23.8 Å². The van der Waals surface area contributed by atoms with Gasteiger partial charge in [0.25, 0.3) is 0 Å². The van der Waals surface area contributed by atoms with E-state index >= 15 is 0 Å². The summed E-state index contributed by atoms with van der Waals surface area (Å²) in [7, 11) is -1.71. The number of ether oxygens (including phenoxy) is 1. The van der Waals surface area contributed by atoms with E-state index in [1.807, 2.05) is 19.9 Å². The third-order valence-electron chi connectivity index (χ3n) is 3.41. The molecule has 1 aliphatic carbocycles. The van der Waals surface area contributed by atoms with Gasteiger partial charge >= 0.3 is 26.2 Å². The van der Waals surface area contributed by atoms with Crippen LogP contribution in [0, 0.1) is 6.08 Å². The van der Waals surface area contributed by atoms with Gasteiger partial charge in [0.2, 0.25) is 8.32 Å². The average Bonchev–Trinajstić information content (AvgIpc) is 2.73. The molecule has 1 aromatic carbocycles. The first-order valence-corrected chi connectivity index (χ1v) is 12.0. The molecule has 0 spiro atoms. The molecule has 0 bridgehead atoms. The molecular weight excluding hydrogens is 476 g/mol. The summed E-state index contributed by atoms with van der Waals surface area (Å²) in [6, 6.07) is 6.18. The number of halogens is 2. The van der Waals surface area contributed by atoms with E-state index < -0.39 is 8.32 Å². The Bertz CT molecular complexity index is 692. The molecule has 0 heterocycles. The Morgan fingerprint density at radius 3 is 2.22 bits per heavy atom. The Hall–Kier alpha value is -0.220. The van der Waals surface area contributed by atoms with Crippen molar-refractivity contribution in [3.05, 3.63) is 46.9 Å². The monoisotopic (exact) mass is 504 g/mol. The van der Waals surface area contributed by atoms with Crippen LogP contribution in [0.5, 0.6) is 5.75 Å². The summed E-state index contributed by atoms with van der Waals surface area (Å²) in [6.07, 6.45) is 3.51. The van der Waals surface area contributed by atoms with Crippen LogP contribution < -0.4 is 34.6 Å². The van der Waals surface area contributed by atoms with E-state index in [1.54, 1.807) is 0 Å². The number of fused-ring (bicyclic) bond motifs is 1. The van der Waals surface area contributed by atoms with Gasteiger partial charge in [-0.25, -0.2) is 0 Å². The van der Waals surface area contributed by atoms with Crippen molar-refractivity contribution in [2.24, 2.45) is 0 Å². The second kappa shape index (κ2) is 11.1. The smallest absolute Gasteiger partial charge is 1.00 e. The second-order valence-corrected chi connectivity index (χ2v) is 12.6. The van der Waals surface area contributed by atoms with Crippen molar-refractivity contribution in [1.82, 2.24) is 5.32 Å². The molecule has 27 heavy (non-hydrogen) atoms. The van der Waals surface area contributed by atoms with Crippen LogP contribution in [0.4, 0.5) is 0 Å². The number of benzene rings is 1. The molecule has 0 saturated heterocycles. The summed E-state index contributed by atoms with van der Waals surface area (Å²) in [5, 5.41) is 3.57. The minimum atomic E-state index is -1.71. The molecule has 7 heteroatoms. The van der Waals surface area contributed by atoms with Gasteiger partial charge in [-0.1, -0.05) is 11.1 Å². The molecule has 1 N–H and O–H groups in total. The maximum atomic E-state index is 6.35. The molecule has 0 amide bonds. The van der Waals surface area contributed by atoms with Crippen LogP contribution in [0.15, 0.2) is 29.7 Å². The minimum Gasteiger partial charge on any atom is -1.00 e. The molecule has 1 aromatic rings. The number of rotatable bonds is 5.